The minimum Gasteiger partial charge on any atom is -0.380 e. The van der Waals surface area contributed by atoms with E-state index >= 15 is 0 Å². The van der Waals surface area contributed by atoms with Gasteiger partial charge >= 0.3 is 0 Å². The first kappa shape index (κ1) is 17.3. The minimum atomic E-state index is 0.650. The highest BCUT2D eigenvalue weighted by Gasteiger charge is 2.00. The Hall–Kier alpha value is -2.03. The molecular formula is C21H22OS. The SMILES string of the molecule is C=C(C)C(=S)Cc1ccc(C=Cc2ccc(COC)cc2)cc1. The molecule has 118 valence electrons. The van der Waals surface area contributed by atoms with Gasteiger partial charge < -0.3 is 4.74 Å². The van der Waals surface area contributed by atoms with Crippen molar-refractivity contribution < 1.29 is 4.74 Å². The summed E-state index contributed by atoms with van der Waals surface area (Å²) >= 11 is 5.31. The molecule has 0 saturated carbocycles. The molecule has 0 amide bonds. The van der Waals surface area contributed by atoms with Crippen LogP contribution >= 0.6 is 12.2 Å². The summed E-state index contributed by atoms with van der Waals surface area (Å²) in [4.78, 5) is 0.921. The largest absolute Gasteiger partial charge is 0.380 e. The Morgan fingerprint density at radius 2 is 1.43 bits per heavy atom. The summed E-state index contributed by atoms with van der Waals surface area (Å²) < 4.78 is 5.12. The number of methoxy groups -OCH3 is 1. The molecule has 0 aliphatic carbocycles. The van der Waals surface area contributed by atoms with Gasteiger partial charge in [-0.2, -0.15) is 0 Å². The first-order valence-electron chi connectivity index (χ1n) is 7.62. The van der Waals surface area contributed by atoms with Crippen LogP contribution in [0.5, 0.6) is 0 Å². The van der Waals surface area contributed by atoms with Gasteiger partial charge in [0.15, 0.2) is 0 Å². The van der Waals surface area contributed by atoms with Crippen molar-refractivity contribution in [3.63, 3.8) is 0 Å². The zero-order valence-corrected chi connectivity index (χ0v) is 14.5. The van der Waals surface area contributed by atoms with Gasteiger partial charge in [0.05, 0.1) is 6.61 Å². The molecule has 0 fully saturated rings. The third-order valence-corrected chi connectivity index (χ3v) is 4.07. The Labute approximate surface area is 144 Å². The van der Waals surface area contributed by atoms with Crippen LogP contribution in [0.1, 0.15) is 29.2 Å². The van der Waals surface area contributed by atoms with Gasteiger partial charge in [0, 0.05) is 18.4 Å². The van der Waals surface area contributed by atoms with Crippen LogP contribution in [0.15, 0.2) is 60.7 Å². The van der Waals surface area contributed by atoms with E-state index in [1.165, 1.54) is 22.3 Å². The highest BCUT2D eigenvalue weighted by molar-refractivity contribution is 7.80. The van der Waals surface area contributed by atoms with Gasteiger partial charge in [-0.25, -0.2) is 0 Å². The monoisotopic (exact) mass is 322 g/mol. The van der Waals surface area contributed by atoms with Gasteiger partial charge in [-0.3, -0.25) is 0 Å². The maximum absolute atomic E-state index is 5.31. The summed E-state index contributed by atoms with van der Waals surface area (Å²) in [6, 6.07) is 16.9. The van der Waals surface area contributed by atoms with E-state index in [1.54, 1.807) is 7.11 Å². The van der Waals surface area contributed by atoms with E-state index in [0.29, 0.717) is 6.61 Å². The van der Waals surface area contributed by atoms with Gasteiger partial charge in [-0.05, 0) is 34.8 Å². The first-order chi connectivity index (χ1) is 11.1. The Bertz CT molecular complexity index is 694. The smallest absolute Gasteiger partial charge is 0.0713 e. The van der Waals surface area contributed by atoms with Crippen molar-refractivity contribution >= 4 is 29.2 Å². The zero-order valence-electron chi connectivity index (χ0n) is 13.7. The number of rotatable bonds is 7. The molecule has 0 aliphatic heterocycles. The average molecular weight is 322 g/mol. The fourth-order valence-corrected chi connectivity index (χ4v) is 2.33. The molecule has 23 heavy (non-hydrogen) atoms. The predicted octanol–water partition coefficient (Wildman–Crippen LogP) is 5.49. The number of hydrogen-bond acceptors (Lipinski definition) is 2. The molecule has 2 heteroatoms. The highest BCUT2D eigenvalue weighted by Crippen LogP contribution is 2.13. The van der Waals surface area contributed by atoms with Crippen molar-refractivity contribution in [2.24, 2.45) is 0 Å². The van der Waals surface area contributed by atoms with E-state index in [9.17, 15) is 0 Å². The third kappa shape index (κ3) is 5.59. The summed E-state index contributed by atoms with van der Waals surface area (Å²) in [5, 5.41) is 0. The topological polar surface area (TPSA) is 9.23 Å². The minimum absolute atomic E-state index is 0.650. The number of allylic oxidation sites excluding steroid dienone is 1. The highest BCUT2D eigenvalue weighted by atomic mass is 32.1. The number of ether oxygens (including phenoxy) is 1. The zero-order chi connectivity index (χ0) is 16.7. The Balaban J connectivity index is 1.99. The number of hydrogen-bond donors (Lipinski definition) is 0. The van der Waals surface area contributed by atoms with Gasteiger partial charge in [-0.1, -0.05) is 79.5 Å². The molecule has 0 aromatic heterocycles. The van der Waals surface area contributed by atoms with Crippen LogP contribution in [0.2, 0.25) is 0 Å². The molecule has 0 spiro atoms. The number of benzene rings is 2. The van der Waals surface area contributed by atoms with Crippen LogP contribution in [0.4, 0.5) is 0 Å². The molecule has 2 aromatic rings. The van der Waals surface area contributed by atoms with Crippen molar-refractivity contribution in [1.82, 2.24) is 0 Å². The second kappa shape index (κ2) is 8.56. The van der Waals surface area contributed by atoms with E-state index in [2.05, 4.69) is 67.3 Å². The summed E-state index contributed by atoms with van der Waals surface area (Å²) in [6.45, 7) is 6.50. The molecule has 2 rings (SSSR count). The van der Waals surface area contributed by atoms with Crippen LogP contribution in [-0.2, 0) is 17.8 Å². The normalized spacial score (nSPS) is 10.9. The van der Waals surface area contributed by atoms with Crippen LogP contribution in [0.25, 0.3) is 12.2 Å². The second-order valence-electron chi connectivity index (χ2n) is 5.63. The molecule has 0 heterocycles. The predicted molar refractivity (Wildman–Crippen MR) is 104 cm³/mol. The van der Waals surface area contributed by atoms with E-state index < -0.39 is 0 Å². The number of thiocarbonyl (C=S) groups is 1. The molecule has 1 nitrogen and oxygen atoms in total. The third-order valence-electron chi connectivity index (χ3n) is 3.58. The molecule has 0 unspecified atom stereocenters. The molecule has 0 bridgehead atoms. The lowest BCUT2D eigenvalue weighted by Crippen LogP contribution is -2.00. The first-order valence-corrected chi connectivity index (χ1v) is 8.03. The van der Waals surface area contributed by atoms with E-state index in [1.807, 2.05) is 6.92 Å². The van der Waals surface area contributed by atoms with E-state index in [0.717, 1.165) is 16.9 Å². The van der Waals surface area contributed by atoms with Crippen molar-refractivity contribution in [2.45, 2.75) is 20.0 Å². The lowest BCUT2D eigenvalue weighted by atomic mass is 10.0. The van der Waals surface area contributed by atoms with Crippen molar-refractivity contribution in [1.29, 1.82) is 0 Å². The van der Waals surface area contributed by atoms with E-state index in [-0.39, 0.29) is 0 Å². The van der Waals surface area contributed by atoms with Gasteiger partial charge in [-0.15, -0.1) is 0 Å². The quantitative estimate of drug-likeness (QED) is 0.378. The molecule has 0 radical (unpaired) electrons. The lowest BCUT2D eigenvalue weighted by Gasteiger charge is -2.04. The Morgan fingerprint density at radius 1 is 0.957 bits per heavy atom. The van der Waals surface area contributed by atoms with E-state index in [4.69, 9.17) is 17.0 Å². The fraction of sp³-hybridized carbons (Fsp3) is 0.190. The van der Waals surface area contributed by atoms with Crippen LogP contribution in [-0.4, -0.2) is 12.0 Å². The van der Waals surface area contributed by atoms with Crippen LogP contribution in [0, 0.1) is 0 Å². The summed E-state index contributed by atoms with van der Waals surface area (Å²) in [5.74, 6) is 0. The van der Waals surface area contributed by atoms with Crippen molar-refractivity contribution in [3.05, 3.63) is 82.9 Å². The van der Waals surface area contributed by atoms with Gasteiger partial charge in [0.25, 0.3) is 0 Å². The lowest BCUT2D eigenvalue weighted by molar-refractivity contribution is 0.185. The summed E-state index contributed by atoms with van der Waals surface area (Å²) in [5.41, 5.74) is 5.73. The second-order valence-corrected chi connectivity index (χ2v) is 6.12. The molecule has 2 aromatic carbocycles. The summed E-state index contributed by atoms with van der Waals surface area (Å²) in [6.07, 6.45) is 5.02. The maximum Gasteiger partial charge on any atom is 0.0713 e. The van der Waals surface area contributed by atoms with Crippen LogP contribution < -0.4 is 0 Å². The maximum atomic E-state index is 5.31. The molecular weight excluding hydrogens is 300 g/mol. The molecule has 0 atom stereocenters. The van der Waals surface area contributed by atoms with Crippen molar-refractivity contribution in [3.8, 4) is 0 Å². The fourth-order valence-electron chi connectivity index (χ4n) is 2.17. The Morgan fingerprint density at radius 3 is 1.87 bits per heavy atom. The van der Waals surface area contributed by atoms with Gasteiger partial charge in [0.1, 0.15) is 0 Å². The molecule has 0 N–H and O–H groups in total. The van der Waals surface area contributed by atoms with Crippen LogP contribution in [0.3, 0.4) is 0 Å². The van der Waals surface area contributed by atoms with Gasteiger partial charge in [0.2, 0.25) is 0 Å². The molecule has 0 saturated heterocycles. The average Bonchev–Trinajstić information content (AvgIpc) is 2.55. The van der Waals surface area contributed by atoms with Crippen molar-refractivity contribution in [2.75, 3.05) is 7.11 Å². The Kier molecular flexibility index (Phi) is 6.45. The summed E-state index contributed by atoms with van der Waals surface area (Å²) in [7, 11) is 1.71. The molecule has 0 aliphatic rings. The standard InChI is InChI=1S/C21H22OS/c1-16(2)21(23)14-19-10-6-17(7-11-19)4-5-18-8-12-20(13-9-18)15-22-3/h4-13H,1,14-15H2,2-3H3.